The van der Waals surface area contributed by atoms with Crippen LogP contribution in [0.4, 0.5) is 0 Å². The third-order valence-corrected chi connectivity index (χ3v) is 5.15. The summed E-state index contributed by atoms with van der Waals surface area (Å²) in [5.74, 6) is 1.70. The van der Waals surface area contributed by atoms with Crippen molar-refractivity contribution in [2.24, 2.45) is 4.99 Å². The highest BCUT2D eigenvalue weighted by atomic mass is 16.5. The average molecular weight is 411 g/mol. The highest BCUT2D eigenvalue weighted by molar-refractivity contribution is 5.79. The number of aliphatic imine (C=N–C) groups is 1. The molecule has 3 rings (SSSR count). The topological polar surface area (TPSA) is 58.1 Å². The Morgan fingerprint density at radius 2 is 1.83 bits per heavy atom. The van der Waals surface area contributed by atoms with Crippen LogP contribution in [-0.4, -0.2) is 50.8 Å². The number of hydrogen-bond acceptors (Lipinski definition) is 4. The largest absolute Gasteiger partial charge is 0.494 e. The zero-order chi connectivity index (χ0) is 21.2. The van der Waals surface area contributed by atoms with E-state index in [1.54, 1.807) is 7.05 Å². The molecule has 6 heteroatoms. The van der Waals surface area contributed by atoms with E-state index < -0.39 is 0 Å². The van der Waals surface area contributed by atoms with Gasteiger partial charge < -0.3 is 20.1 Å². The smallest absolute Gasteiger partial charge is 0.191 e. The molecule has 1 fully saturated rings. The van der Waals surface area contributed by atoms with Gasteiger partial charge in [-0.2, -0.15) is 0 Å². The molecule has 0 amide bonds. The van der Waals surface area contributed by atoms with Gasteiger partial charge in [-0.15, -0.1) is 0 Å². The number of aryl methyl sites for hydroxylation is 1. The second-order valence-electron chi connectivity index (χ2n) is 7.53. The van der Waals surface area contributed by atoms with Crippen LogP contribution in [0.15, 0.2) is 47.5 Å². The minimum Gasteiger partial charge on any atom is -0.494 e. The number of benzene rings is 2. The second kappa shape index (κ2) is 11.6. The molecule has 0 saturated carbocycles. The zero-order valence-electron chi connectivity index (χ0n) is 18.4. The van der Waals surface area contributed by atoms with Crippen molar-refractivity contribution in [2.45, 2.75) is 33.5 Å². The first kappa shape index (κ1) is 22.1. The summed E-state index contributed by atoms with van der Waals surface area (Å²) in [6, 6.07) is 15.0. The first-order chi connectivity index (χ1) is 14.7. The highest BCUT2D eigenvalue weighted by Crippen LogP contribution is 2.20. The van der Waals surface area contributed by atoms with Gasteiger partial charge in [0, 0.05) is 45.3 Å². The van der Waals surface area contributed by atoms with Crippen molar-refractivity contribution < 1.29 is 9.47 Å². The molecule has 30 heavy (non-hydrogen) atoms. The van der Waals surface area contributed by atoms with Crippen LogP contribution in [0.1, 0.15) is 29.2 Å². The first-order valence-electron chi connectivity index (χ1n) is 10.7. The lowest BCUT2D eigenvalue weighted by atomic mass is 10.1. The molecule has 0 aromatic heterocycles. The van der Waals surface area contributed by atoms with Crippen LogP contribution in [-0.2, 0) is 24.4 Å². The maximum Gasteiger partial charge on any atom is 0.191 e. The normalized spacial score (nSPS) is 15.1. The fraction of sp³-hybridized carbons (Fsp3) is 0.458. The van der Waals surface area contributed by atoms with E-state index >= 15 is 0 Å². The number of morpholine rings is 1. The van der Waals surface area contributed by atoms with Gasteiger partial charge in [-0.1, -0.05) is 36.4 Å². The van der Waals surface area contributed by atoms with Crippen molar-refractivity contribution in [3.05, 3.63) is 64.7 Å². The Morgan fingerprint density at radius 1 is 1.07 bits per heavy atom. The van der Waals surface area contributed by atoms with Crippen molar-refractivity contribution in [3.63, 3.8) is 0 Å². The van der Waals surface area contributed by atoms with E-state index in [0.717, 1.165) is 56.7 Å². The van der Waals surface area contributed by atoms with Crippen LogP contribution in [0.5, 0.6) is 5.75 Å². The molecule has 0 radical (unpaired) electrons. The van der Waals surface area contributed by atoms with E-state index in [2.05, 4.69) is 69.9 Å². The molecule has 2 N–H and O–H groups in total. The molecule has 1 aliphatic heterocycles. The van der Waals surface area contributed by atoms with E-state index in [4.69, 9.17) is 9.47 Å². The van der Waals surface area contributed by atoms with Gasteiger partial charge in [0.15, 0.2) is 5.96 Å². The first-order valence-corrected chi connectivity index (χ1v) is 10.7. The molecule has 0 atom stereocenters. The molecule has 0 aliphatic carbocycles. The zero-order valence-corrected chi connectivity index (χ0v) is 18.4. The molecular formula is C24H34N4O2. The van der Waals surface area contributed by atoms with Crippen LogP contribution in [0, 0.1) is 6.92 Å². The van der Waals surface area contributed by atoms with Crippen molar-refractivity contribution in [3.8, 4) is 5.75 Å². The van der Waals surface area contributed by atoms with Crippen molar-refractivity contribution in [1.29, 1.82) is 0 Å². The number of nitrogens with zero attached hydrogens (tertiary/aromatic N) is 2. The Hall–Kier alpha value is -2.57. The van der Waals surface area contributed by atoms with Gasteiger partial charge in [-0.25, -0.2) is 0 Å². The van der Waals surface area contributed by atoms with Gasteiger partial charge in [-0.05, 0) is 36.6 Å². The Labute approximate surface area is 180 Å². The minimum atomic E-state index is 0.657. The van der Waals surface area contributed by atoms with Crippen molar-refractivity contribution in [2.75, 3.05) is 40.0 Å². The summed E-state index contributed by atoms with van der Waals surface area (Å²) in [5, 5.41) is 6.81. The summed E-state index contributed by atoms with van der Waals surface area (Å²) in [7, 11) is 1.79. The molecule has 162 valence electrons. The standard InChI is InChI=1S/C24H34N4O2/c1-4-30-23-14-19(2)8-9-22(23)17-27-24(25-3)26-16-20-6-5-7-21(15-20)18-28-10-12-29-13-11-28/h5-9,14-15H,4,10-13,16-18H2,1-3H3,(H2,25,26,27). The minimum absolute atomic E-state index is 0.657. The van der Waals surface area contributed by atoms with Gasteiger partial charge >= 0.3 is 0 Å². The number of ether oxygens (including phenoxy) is 2. The summed E-state index contributed by atoms with van der Waals surface area (Å²) < 4.78 is 11.2. The van der Waals surface area contributed by atoms with E-state index in [0.29, 0.717) is 13.2 Å². The van der Waals surface area contributed by atoms with E-state index in [9.17, 15) is 0 Å². The van der Waals surface area contributed by atoms with Crippen molar-refractivity contribution in [1.82, 2.24) is 15.5 Å². The molecule has 2 aromatic rings. The fourth-order valence-corrected chi connectivity index (χ4v) is 3.54. The number of hydrogen-bond donors (Lipinski definition) is 2. The quantitative estimate of drug-likeness (QED) is 0.517. The summed E-state index contributed by atoms with van der Waals surface area (Å²) in [4.78, 5) is 6.80. The predicted molar refractivity (Wildman–Crippen MR) is 122 cm³/mol. The average Bonchev–Trinajstić information content (AvgIpc) is 2.76. The van der Waals surface area contributed by atoms with Crippen LogP contribution >= 0.6 is 0 Å². The lowest BCUT2D eigenvalue weighted by Crippen LogP contribution is -2.36. The van der Waals surface area contributed by atoms with E-state index in [1.165, 1.54) is 16.7 Å². The molecule has 6 nitrogen and oxygen atoms in total. The van der Waals surface area contributed by atoms with Crippen LogP contribution in [0.25, 0.3) is 0 Å². The van der Waals surface area contributed by atoms with Crippen LogP contribution < -0.4 is 15.4 Å². The maximum atomic E-state index is 5.78. The molecule has 0 spiro atoms. The van der Waals surface area contributed by atoms with Crippen molar-refractivity contribution >= 4 is 5.96 Å². The Kier molecular flexibility index (Phi) is 8.53. The lowest BCUT2D eigenvalue weighted by Gasteiger charge is -2.26. The highest BCUT2D eigenvalue weighted by Gasteiger charge is 2.11. The summed E-state index contributed by atoms with van der Waals surface area (Å²) in [6.07, 6.45) is 0. The monoisotopic (exact) mass is 410 g/mol. The molecule has 0 bridgehead atoms. The van der Waals surface area contributed by atoms with Gasteiger partial charge in [0.1, 0.15) is 5.75 Å². The Balaban J connectivity index is 1.52. The maximum absolute atomic E-state index is 5.78. The van der Waals surface area contributed by atoms with Gasteiger partial charge in [0.2, 0.25) is 0 Å². The molecule has 2 aromatic carbocycles. The molecule has 1 saturated heterocycles. The van der Waals surface area contributed by atoms with E-state index in [-0.39, 0.29) is 0 Å². The van der Waals surface area contributed by atoms with Gasteiger partial charge in [0.25, 0.3) is 0 Å². The lowest BCUT2D eigenvalue weighted by molar-refractivity contribution is 0.0342. The van der Waals surface area contributed by atoms with E-state index in [1.807, 2.05) is 6.92 Å². The van der Waals surface area contributed by atoms with Gasteiger partial charge in [0.05, 0.1) is 19.8 Å². The second-order valence-corrected chi connectivity index (χ2v) is 7.53. The summed E-state index contributed by atoms with van der Waals surface area (Å²) in [6.45, 7) is 10.8. The predicted octanol–water partition coefficient (Wildman–Crippen LogP) is 3.09. The van der Waals surface area contributed by atoms with Gasteiger partial charge in [-0.3, -0.25) is 9.89 Å². The number of nitrogens with one attached hydrogen (secondary N) is 2. The summed E-state index contributed by atoms with van der Waals surface area (Å²) >= 11 is 0. The number of rotatable bonds is 8. The Bertz CT molecular complexity index is 832. The molecule has 0 unspecified atom stereocenters. The third kappa shape index (κ3) is 6.75. The SMILES string of the molecule is CCOc1cc(C)ccc1CNC(=NC)NCc1cccc(CN2CCOCC2)c1. The third-order valence-electron chi connectivity index (χ3n) is 5.15. The molecule has 1 heterocycles. The number of guanidine groups is 1. The summed E-state index contributed by atoms with van der Waals surface area (Å²) in [5.41, 5.74) is 4.90. The van der Waals surface area contributed by atoms with Crippen LogP contribution in [0.2, 0.25) is 0 Å². The fourth-order valence-electron chi connectivity index (χ4n) is 3.54. The Morgan fingerprint density at radius 3 is 2.60 bits per heavy atom. The molecule has 1 aliphatic rings. The van der Waals surface area contributed by atoms with Crippen LogP contribution in [0.3, 0.4) is 0 Å². The molecular weight excluding hydrogens is 376 g/mol.